The van der Waals surface area contributed by atoms with Gasteiger partial charge in [-0.05, 0) is 30.2 Å². The summed E-state index contributed by atoms with van der Waals surface area (Å²) in [5.74, 6) is 0.985. The van der Waals surface area contributed by atoms with E-state index in [1.54, 1.807) is 11.8 Å². The van der Waals surface area contributed by atoms with Crippen molar-refractivity contribution in [2.45, 2.75) is 31.0 Å². The highest BCUT2D eigenvalue weighted by Gasteiger charge is 2.27. The van der Waals surface area contributed by atoms with Crippen molar-refractivity contribution in [2.24, 2.45) is 0 Å². The zero-order valence-corrected chi connectivity index (χ0v) is 10.9. The highest BCUT2D eigenvalue weighted by atomic mass is 32.2. The van der Waals surface area contributed by atoms with Crippen LogP contribution in [-0.4, -0.2) is 52.3 Å². The Balaban J connectivity index is 1.56. The molecule has 0 aliphatic heterocycles. The number of nitrogens with zero attached hydrogens (tertiary/aromatic N) is 4. The molecule has 1 saturated carbocycles. The van der Waals surface area contributed by atoms with Gasteiger partial charge in [0.15, 0.2) is 0 Å². The second-order valence-electron chi connectivity index (χ2n) is 3.93. The first-order chi connectivity index (χ1) is 8.42. The predicted octanol–water partition coefficient (Wildman–Crippen LogP) is 0.726. The lowest BCUT2D eigenvalue weighted by Gasteiger charge is -2.04. The molecule has 96 valence electrons. The predicted molar refractivity (Wildman–Crippen MR) is 66.2 cm³/mol. The number of thioether (sulfide) groups is 1. The number of tetrazole rings is 1. The third-order valence-electron chi connectivity index (χ3n) is 2.49. The van der Waals surface area contributed by atoms with Crippen LogP contribution in [0.5, 0.6) is 0 Å². The molecule has 0 radical (unpaired) electrons. The number of hydrogen-bond acceptors (Lipinski definition) is 6. The third kappa shape index (κ3) is 4.25. The maximum atomic E-state index is 5.24. The molecule has 1 aliphatic carbocycles. The van der Waals surface area contributed by atoms with Gasteiger partial charge >= 0.3 is 0 Å². The second-order valence-corrected chi connectivity index (χ2v) is 4.99. The van der Waals surface area contributed by atoms with E-state index in [4.69, 9.17) is 4.74 Å². The molecule has 1 N–H and O–H groups in total. The zero-order chi connectivity index (χ0) is 11.9. The van der Waals surface area contributed by atoms with Gasteiger partial charge in [-0.25, -0.2) is 4.68 Å². The second kappa shape index (κ2) is 6.93. The molecule has 1 aromatic heterocycles. The molecule has 0 saturated heterocycles. The van der Waals surface area contributed by atoms with E-state index in [2.05, 4.69) is 20.8 Å². The van der Waals surface area contributed by atoms with Gasteiger partial charge in [0.05, 0.1) is 12.6 Å². The summed E-state index contributed by atoms with van der Waals surface area (Å²) in [6.45, 7) is 5.43. The Bertz CT molecular complexity index is 328. The van der Waals surface area contributed by atoms with Crippen molar-refractivity contribution >= 4 is 11.8 Å². The standard InChI is InChI=1S/C10H19N5OS/c1-2-16-7-5-11-6-8-17-10-12-13-14-15(10)9-3-4-9/h9,11H,2-8H2,1H3. The van der Waals surface area contributed by atoms with Crippen LogP contribution < -0.4 is 5.32 Å². The smallest absolute Gasteiger partial charge is 0.209 e. The number of hydrogen-bond donors (Lipinski definition) is 1. The highest BCUT2D eigenvalue weighted by Crippen LogP contribution is 2.36. The van der Waals surface area contributed by atoms with E-state index in [0.717, 1.165) is 37.2 Å². The van der Waals surface area contributed by atoms with E-state index in [0.29, 0.717) is 6.04 Å². The Kier molecular flexibility index (Phi) is 5.21. The van der Waals surface area contributed by atoms with Gasteiger partial charge in [-0.1, -0.05) is 11.8 Å². The third-order valence-corrected chi connectivity index (χ3v) is 3.43. The summed E-state index contributed by atoms with van der Waals surface area (Å²) < 4.78 is 7.19. The van der Waals surface area contributed by atoms with E-state index < -0.39 is 0 Å². The number of ether oxygens (including phenoxy) is 1. The summed E-state index contributed by atoms with van der Waals surface area (Å²) in [5, 5.41) is 16.0. The van der Waals surface area contributed by atoms with Gasteiger partial charge in [0.2, 0.25) is 5.16 Å². The van der Waals surface area contributed by atoms with E-state index >= 15 is 0 Å². The molecular formula is C10H19N5OS. The fourth-order valence-corrected chi connectivity index (χ4v) is 2.30. The maximum absolute atomic E-state index is 5.24. The minimum Gasteiger partial charge on any atom is -0.380 e. The number of rotatable bonds is 9. The van der Waals surface area contributed by atoms with Gasteiger partial charge in [0.25, 0.3) is 0 Å². The van der Waals surface area contributed by atoms with Crippen molar-refractivity contribution in [3.63, 3.8) is 0 Å². The molecule has 2 rings (SSSR count). The minimum atomic E-state index is 0.554. The molecule has 1 aliphatic rings. The zero-order valence-electron chi connectivity index (χ0n) is 10.1. The van der Waals surface area contributed by atoms with Crippen LogP contribution in [0.1, 0.15) is 25.8 Å². The molecule has 0 unspecified atom stereocenters. The van der Waals surface area contributed by atoms with E-state index in [1.807, 2.05) is 11.6 Å². The quantitative estimate of drug-likeness (QED) is 0.519. The van der Waals surface area contributed by atoms with Gasteiger partial charge in [0.1, 0.15) is 0 Å². The molecule has 1 fully saturated rings. The minimum absolute atomic E-state index is 0.554. The van der Waals surface area contributed by atoms with Crippen LogP contribution in [0, 0.1) is 0 Å². The van der Waals surface area contributed by atoms with Crippen LogP contribution in [0.4, 0.5) is 0 Å². The summed E-state index contributed by atoms with van der Waals surface area (Å²) in [4.78, 5) is 0. The van der Waals surface area contributed by atoms with Gasteiger partial charge < -0.3 is 10.1 Å². The Labute approximate surface area is 105 Å². The normalized spacial score (nSPS) is 15.4. The summed E-state index contributed by atoms with van der Waals surface area (Å²) in [5.41, 5.74) is 0. The van der Waals surface area contributed by atoms with E-state index in [-0.39, 0.29) is 0 Å². The van der Waals surface area contributed by atoms with Crippen LogP contribution in [-0.2, 0) is 4.74 Å². The average molecular weight is 257 g/mol. The van der Waals surface area contributed by atoms with Gasteiger partial charge in [0, 0.05) is 25.4 Å². The molecule has 0 aromatic carbocycles. The molecule has 1 heterocycles. The van der Waals surface area contributed by atoms with Crippen molar-refractivity contribution in [3.8, 4) is 0 Å². The number of aromatic nitrogens is 4. The molecular weight excluding hydrogens is 238 g/mol. The summed E-state index contributed by atoms with van der Waals surface area (Å²) in [6, 6.07) is 0.554. The molecule has 0 atom stereocenters. The Hall–Kier alpha value is -0.660. The number of nitrogens with one attached hydrogen (secondary N) is 1. The van der Waals surface area contributed by atoms with Crippen molar-refractivity contribution in [1.29, 1.82) is 0 Å². The van der Waals surface area contributed by atoms with Crippen molar-refractivity contribution in [1.82, 2.24) is 25.5 Å². The van der Waals surface area contributed by atoms with E-state index in [1.165, 1.54) is 12.8 Å². The molecule has 7 heteroatoms. The highest BCUT2D eigenvalue weighted by molar-refractivity contribution is 7.99. The van der Waals surface area contributed by atoms with Gasteiger partial charge in [-0.2, -0.15) is 0 Å². The summed E-state index contributed by atoms with van der Waals surface area (Å²) >= 11 is 1.71. The lowest BCUT2D eigenvalue weighted by Crippen LogP contribution is -2.22. The first-order valence-electron chi connectivity index (χ1n) is 6.11. The first-order valence-corrected chi connectivity index (χ1v) is 7.09. The molecule has 17 heavy (non-hydrogen) atoms. The average Bonchev–Trinajstić information content (AvgIpc) is 3.08. The monoisotopic (exact) mass is 257 g/mol. The molecule has 6 nitrogen and oxygen atoms in total. The topological polar surface area (TPSA) is 64.9 Å². The fourth-order valence-electron chi connectivity index (χ4n) is 1.46. The Morgan fingerprint density at radius 2 is 2.35 bits per heavy atom. The van der Waals surface area contributed by atoms with Gasteiger partial charge in [-0.3, -0.25) is 0 Å². The van der Waals surface area contributed by atoms with Crippen molar-refractivity contribution in [3.05, 3.63) is 0 Å². The largest absolute Gasteiger partial charge is 0.380 e. The molecule has 0 bridgehead atoms. The molecule has 1 aromatic rings. The van der Waals surface area contributed by atoms with E-state index in [9.17, 15) is 0 Å². The van der Waals surface area contributed by atoms with Crippen LogP contribution in [0.2, 0.25) is 0 Å². The Morgan fingerprint density at radius 3 is 3.12 bits per heavy atom. The molecule has 0 spiro atoms. The first kappa shape index (κ1) is 12.8. The molecule has 0 amide bonds. The van der Waals surface area contributed by atoms with Crippen molar-refractivity contribution in [2.75, 3.05) is 32.1 Å². The summed E-state index contributed by atoms with van der Waals surface area (Å²) in [7, 11) is 0. The lowest BCUT2D eigenvalue weighted by atomic mass is 10.6. The lowest BCUT2D eigenvalue weighted by molar-refractivity contribution is 0.150. The van der Waals surface area contributed by atoms with Crippen LogP contribution in [0.25, 0.3) is 0 Å². The summed E-state index contributed by atoms with van der Waals surface area (Å²) in [6.07, 6.45) is 2.43. The van der Waals surface area contributed by atoms with Crippen LogP contribution in [0.15, 0.2) is 5.16 Å². The fraction of sp³-hybridized carbons (Fsp3) is 0.900. The Morgan fingerprint density at radius 1 is 1.47 bits per heavy atom. The maximum Gasteiger partial charge on any atom is 0.209 e. The SMILES string of the molecule is CCOCCNCCSc1nnnn1C1CC1. The van der Waals surface area contributed by atoms with Crippen molar-refractivity contribution < 1.29 is 4.74 Å². The van der Waals surface area contributed by atoms with Crippen LogP contribution >= 0.6 is 11.8 Å². The van der Waals surface area contributed by atoms with Gasteiger partial charge in [-0.15, -0.1) is 5.10 Å². The van der Waals surface area contributed by atoms with Crippen LogP contribution in [0.3, 0.4) is 0 Å².